The van der Waals surface area contributed by atoms with Gasteiger partial charge < -0.3 is 4.74 Å². The molecule has 1 nitrogen and oxygen atoms in total. The number of hydrogen-bond acceptors (Lipinski definition) is 1. The maximum absolute atomic E-state index is 14.4. The minimum atomic E-state index is -0.175. The summed E-state index contributed by atoms with van der Waals surface area (Å²) >= 11 is 0. The first-order valence-electron chi connectivity index (χ1n) is 9.41. The third-order valence-electron chi connectivity index (χ3n) is 6.48. The third-order valence-corrected chi connectivity index (χ3v) is 6.48. The second-order valence-electron chi connectivity index (χ2n) is 8.04. The van der Waals surface area contributed by atoms with Gasteiger partial charge in [0.25, 0.3) is 0 Å². The van der Waals surface area contributed by atoms with Crippen LogP contribution in [0.5, 0.6) is 5.75 Å². The molecule has 2 heteroatoms. The van der Waals surface area contributed by atoms with Gasteiger partial charge in [-0.3, -0.25) is 0 Å². The first-order valence-corrected chi connectivity index (χ1v) is 9.41. The Balaban J connectivity index is 1.59. The fourth-order valence-electron chi connectivity index (χ4n) is 5.10. The highest BCUT2D eigenvalue weighted by atomic mass is 19.1. The molecule has 0 spiro atoms. The van der Waals surface area contributed by atoms with Gasteiger partial charge in [0.1, 0.15) is 11.6 Å². The van der Waals surface area contributed by atoms with Crippen LogP contribution in [0, 0.1) is 23.6 Å². The van der Waals surface area contributed by atoms with Crippen molar-refractivity contribution >= 4 is 10.8 Å². The number of halogens is 1. The molecule has 2 fully saturated rings. The van der Waals surface area contributed by atoms with Crippen molar-refractivity contribution in [2.75, 3.05) is 7.11 Å². The van der Waals surface area contributed by atoms with Crippen LogP contribution < -0.4 is 4.74 Å². The van der Waals surface area contributed by atoms with E-state index in [4.69, 9.17) is 4.74 Å². The van der Waals surface area contributed by atoms with Crippen LogP contribution in [0.25, 0.3) is 10.8 Å². The fourth-order valence-corrected chi connectivity index (χ4v) is 5.10. The first-order chi connectivity index (χ1) is 11.6. The second-order valence-corrected chi connectivity index (χ2v) is 8.04. The van der Waals surface area contributed by atoms with Crippen molar-refractivity contribution in [3.63, 3.8) is 0 Å². The number of methoxy groups -OCH3 is 1. The molecule has 2 unspecified atom stereocenters. The van der Waals surface area contributed by atoms with Crippen molar-refractivity contribution in [3.8, 4) is 5.75 Å². The fraction of sp³-hybridized carbons (Fsp3) is 0.545. The smallest absolute Gasteiger partial charge is 0.134 e. The summed E-state index contributed by atoms with van der Waals surface area (Å²) in [5, 5.41) is 1.66. The normalized spacial score (nSPS) is 30.1. The van der Waals surface area contributed by atoms with Crippen molar-refractivity contribution in [1.29, 1.82) is 0 Å². The topological polar surface area (TPSA) is 9.23 Å². The molecule has 0 radical (unpaired) electrons. The zero-order valence-electron chi connectivity index (χ0n) is 14.7. The lowest BCUT2D eigenvalue weighted by molar-refractivity contribution is 0.124. The van der Waals surface area contributed by atoms with Crippen LogP contribution in [0.15, 0.2) is 30.3 Å². The van der Waals surface area contributed by atoms with Crippen LogP contribution in [-0.2, 0) is 0 Å². The molecule has 0 bridgehead atoms. The Morgan fingerprint density at radius 3 is 2.58 bits per heavy atom. The van der Waals surface area contributed by atoms with Crippen molar-refractivity contribution < 1.29 is 9.13 Å². The zero-order valence-corrected chi connectivity index (χ0v) is 14.7. The number of benzene rings is 2. The molecule has 2 aromatic carbocycles. The Morgan fingerprint density at radius 2 is 1.75 bits per heavy atom. The molecule has 2 aliphatic carbocycles. The van der Waals surface area contributed by atoms with E-state index >= 15 is 0 Å². The minimum absolute atomic E-state index is 0.175. The van der Waals surface area contributed by atoms with Crippen LogP contribution >= 0.6 is 0 Å². The predicted octanol–water partition coefficient (Wildman–Crippen LogP) is 6.31. The lowest BCUT2D eigenvalue weighted by atomic mass is 9.64. The van der Waals surface area contributed by atoms with E-state index in [0.717, 1.165) is 28.5 Å². The Morgan fingerprint density at radius 1 is 0.958 bits per heavy atom. The van der Waals surface area contributed by atoms with Gasteiger partial charge in [-0.15, -0.1) is 0 Å². The zero-order chi connectivity index (χ0) is 16.7. The van der Waals surface area contributed by atoms with E-state index in [1.54, 1.807) is 7.11 Å². The van der Waals surface area contributed by atoms with Crippen LogP contribution in [0.1, 0.15) is 56.9 Å². The van der Waals surface area contributed by atoms with E-state index in [1.165, 1.54) is 50.2 Å². The number of hydrogen-bond donors (Lipinski definition) is 0. The van der Waals surface area contributed by atoms with Gasteiger partial charge in [-0.25, -0.2) is 4.39 Å². The molecule has 0 heterocycles. The largest absolute Gasteiger partial charge is 0.497 e. The molecule has 24 heavy (non-hydrogen) atoms. The molecule has 0 N–H and O–H groups in total. The Hall–Kier alpha value is -1.57. The monoisotopic (exact) mass is 326 g/mol. The van der Waals surface area contributed by atoms with Gasteiger partial charge in [-0.05, 0) is 78.9 Å². The van der Waals surface area contributed by atoms with Crippen molar-refractivity contribution in [2.24, 2.45) is 17.8 Å². The molecular formula is C22H27FO. The summed E-state index contributed by atoms with van der Waals surface area (Å²) in [5.74, 6) is 3.75. The summed E-state index contributed by atoms with van der Waals surface area (Å²) in [7, 11) is 1.58. The summed E-state index contributed by atoms with van der Waals surface area (Å²) < 4.78 is 19.6. The predicted molar refractivity (Wildman–Crippen MR) is 97.0 cm³/mol. The van der Waals surface area contributed by atoms with Gasteiger partial charge >= 0.3 is 0 Å². The molecule has 2 saturated carbocycles. The van der Waals surface area contributed by atoms with E-state index in [9.17, 15) is 4.39 Å². The van der Waals surface area contributed by atoms with E-state index in [-0.39, 0.29) is 5.82 Å². The average molecular weight is 326 g/mol. The van der Waals surface area contributed by atoms with Crippen LogP contribution in [0.4, 0.5) is 4.39 Å². The van der Waals surface area contributed by atoms with Crippen molar-refractivity contribution in [3.05, 3.63) is 41.7 Å². The molecule has 2 aromatic rings. The molecule has 4 atom stereocenters. The van der Waals surface area contributed by atoms with E-state index in [0.29, 0.717) is 11.7 Å². The highest BCUT2D eigenvalue weighted by Crippen LogP contribution is 2.47. The Labute approximate surface area is 144 Å². The molecule has 0 saturated heterocycles. The lowest BCUT2D eigenvalue weighted by Gasteiger charge is -2.41. The van der Waals surface area contributed by atoms with Gasteiger partial charge in [0.05, 0.1) is 7.11 Å². The SMILES string of the molecule is COc1cc(F)c2cc([C@@H]3CC[C@@H]4CC(C)CCC4C3)ccc2c1. The van der Waals surface area contributed by atoms with Gasteiger partial charge in [0.2, 0.25) is 0 Å². The van der Waals surface area contributed by atoms with Gasteiger partial charge in [0, 0.05) is 11.5 Å². The Kier molecular flexibility index (Phi) is 4.24. The summed E-state index contributed by atoms with van der Waals surface area (Å²) in [6.07, 6.45) is 8.10. The van der Waals surface area contributed by atoms with Crippen LogP contribution in [0.2, 0.25) is 0 Å². The molecule has 0 aliphatic heterocycles. The summed E-state index contributed by atoms with van der Waals surface area (Å²) in [6.45, 7) is 2.41. The minimum Gasteiger partial charge on any atom is -0.497 e. The maximum atomic E-state index is 14.4. The quantitative estimate of drug-likeness (QED) is 0.628. The average Bonchev–Trinajstić information content (AvgIpc) is 2.61. The number of ether oxygens (including phenoxy) is 1. The van der Waals surface area contributed by atoms with E-state index in [2.05, 4.69) is 25.1 Å². The summed E-state index contributed by atoms with van der Waals surface area (Å²) in [6, 6.07) is 9.76. The summed E-state index contributed by atoms with van der Waals surface area (Å²) in [4.78, 5) is 0. The number of fused-ring (bicyclic) bond motifs is 2. The number of rotatable bonds is 2. The second kappa shape index (κ2) is 6.38. The molecule has 128 valence electrons. The Bertz CT molecular complexity index is 738. The standard InChI is InChI=1S/C22H27FO/c1-14-3-4-16-10-17(6-5-15(16)9-14)18-7-8-19-11-20(24-2)13-22(23)21(19)12-18/h7-8,11-17H,3-6,9-10H2,1-2H3/t14?,15-,16?,17-/m1/s1. The third kappa shape index (κ3) is 2.92. The molecule has 0 aromatic heterocycles. The van der Waals surface area contributed by atoms with Gasteiger partial charge in [-0.2, -0.15) is 0 Å². The molecule has 4 rings (SSSR count). The maximum Gasteiger partial charge on any atom is 0.134 e. The van der Waals surface area contributed by atoms with Gasteiger partial charge in [0.15, 0.2) is 0 Å². The molecule has 2 aliphatic rings. The molecule has 0 amide bonds. The van der Waals surface area contributed by atoms with Crippen LogP contribution in [0.3, 0.4) is 0 Å². The summed E-state index contributed by atoms with van der Waals surface area (Å²) in [5.41, 5.74) is 1.32. The first kappa shape index (κ1) is 15.9. The van der Waals surface area contributed by atoms with Crippen molar-refractivity contribution in [2.45, 2.75) is 51.4 Å². The lowest BCUT2D eigenvalue weighted by Crippen LogP contribution is -2.29. The highest BCUT2D eigenvalue weighted by Gasteiger charge is 2.34. The van der Waals surface area contributed by atoms with Gasteiger partial charge in [-0.1, -0.05) is 25.5 Å². The molecular weight excluding hydrogens is 299 g/mol. The van der Waals surface area contributed by atoms with E-state index < -0.39 is 0 Å². The van der Waals surface area contributed by atoms with E-state index in [1.807, 2.05) is 6.07 Å². The van der Waals surface area contributed by atoms with Crippen LogP contribution in [-0.4, -0.2) is 7.11 Å². The highest BCUT2D eigenvalue weighted by molar-refractivity contribution is 5.85. The van der Waals surface area contributed by atoms with Crippen molar-refractivity contribution in [1.82, 2.24) is 0 Å².